The summed E-state index contributed by atoms with van der Waals surface area (Å²) in [6.07, 6.45) is 0. The molecule has 2 aromatic carbocycles. The molecule has 2 aliphatic rings. The van der Waals surface area contributed by atoms with Crippen LogP contribution in [-0.2, 0) is 9.53 Å². The quantitative estimate of drug-likeness (QED) is 0.694. The Morgan fingerprint density at radius 1 is 1.07 bits per heavy atom. The Balaban J connectivity index is 1.58. The minimum absolute atomic E-state index is 0.0187. The summed E-state index contributed by atoms with van der Waals surface area (Å²) in [6, 6.07) is 18.8. The number of hydrogen-bond donors (Lipinski definition) is 2. The molecule has 3 aromatic rings. The van der Waals surface area contributed by atoms with Gasteiger partial charge >= 0.3 is 0 Å². The molecule has 5 rings (SSSR count). The summed E-state index contributed by atoms with van der Waals surface area (Å²) in [7, 11) is 0. The number of nitrogens with one attached hydrogen (secondary N) is 2. The number of aromatic amines is 1. The molecule has 2 aliphatic heterocycles. The largest absolute Gasteiger partial charge is 0.378 e. The van der Waals surface area contributed by atoms with Gasteiger partial charge in [-0.25, -0.2) is 0 Å². The number of benzene rings is 2. The van der Waals surface area contributed by atoms with E-state index in [1.54, 1.807) is 11.8 Å². The number of carbonyl (C=O) groups excluding carboxylic acids is 1. The smallest absolute Gasteiger partial charge is 0.235 e. The summed E-state index contributed by atoms with van der Waals surface area (Å²) in [5.41, 5.74) is 5.41. The third-order valence-corrected chi connectivity index (χ3v) is 6.59. The van der Waals surface area contributed by atoms with Crippen LogP contribution in [0.5, 0.6) is 0 Å². The molecule has 1 aromatic heterocycles. The van der Waals surface area contributed by atoms with E-state index in [1.807, 2.05) is 18.2 Å². The first-order valence-corrected chi connectivity index (χ1v) is 10.8. The molecule has 0 aliphatic carbocycles. The van der Waals surface area contributed by atoms with Gasteiger partial charge in [0.1, 0.15) is 0 Å². The highest BCUT2D eigenvalue weighted by Gasteiger charge is 2.30. The Bertz CT molecular complexity index is 1010. The third-order valence-electron chi connectivity index (χ3n) is 5.32. The van der Waals surface area contributed by atoms with Gasteiger partial charge in [-0.05, 0) is 17.7 Å². The van der Waals surface area contributed by atoms with Crippen molar-refractivity contribution in [3.05, 3.63) is 65.7 Å². The van der Waals surface area contributed by atoms with Gasteiger partial charge in [0.15, 0.2) is 5.82 Å². The van der Waals surface area contributed by atoms with E-state index in [4.69, 9.17) is 4.74 Å². The van der Waals surface area contributed by atoms with Crippen molar-refractivity contribution < 1.29 is 9.53 Å². The standard InChI is InChI=1S/C22H22N4O2S/c27-18-14-29-21(15-5-2-1-3-6-15)19-20(24-25-22(19)23-18)16-7-4-8-17(13-16)26-9-11-28-12-10-26/h1-8,13,21H,9-12,14H2,(H2,23,24,25,27). The van der Waals surface area contributed by atoms with E-state index >= 15 is 0 Å². The Morgan fingerprint density at radius 3 is 2.72 bits per heavy atom. The topological polar surface area (TPSA) is 70.2 Å². The number of rotatable bonds is 3. The fraction of sp³-hybridized carbons (Fsp3) is 0.273. The average Bonchev–Trinajstić information content (AvgIpc) is 3.11. The summed E-state index contributed by atoms with van der Waals surface area (Å²) in [5, 5.41) is 10.6. The first-order chi connectivity index (χ1) is 14.3. The molecule has 7 heteroatoms. The lowest BCUT2D eigenvalue weighted by Gasteiger charge is -2.29. The van der Waals surface area contributed by atoms with Crippen LogP contribution in [0.2, 0.25) is 0 Å². The molecule has 2 N–H and O–H groups in total. The van der Waals surface area contributed by atoms with Crippen LogP contribution in [0, 0.1) is 0 Å². The van der Waals surface area contributed by atoms with Crippen LogP contribution in [0.3, 0.4) is 0 Å². The highest BCUT2D eigenvalue weighted by atomic mass is 32.2. The molecule has 29 heavy (non-hydrogen) atoms. The zero-order valence-corrected chi connectivity index (χ0v) is 16.7. The number of fused-ring (bicyclic) bond motifs is 1. The van der Waals surface area contributed by atoms with Gasteiger partial charge in [0.25, 0.3) is 0 Å². The second kappa shape index (κ2) is 7.93. The monoisotopic (exact) mass is 406 g/mol. The Labute approximate surface area is 173 Å². The van der Waals surface area contributed by atoms with Crippen molar-refractivity contribution in [3.63, 3.8) is 0 Å². The van der Waals surface area contributed by atoms with E-state index in [0.29, 0.717) is 11.6 Å². The molecule has 3 heterocycles. The van der Waals surface area contributed by atoms with Gasteiger partial charge in [0.05, 0.1) is 29.9 Å². The first-order valence-electron chi connectivity index (χ1n) is 9.77. The number of thioether (sulfide) groups is 1. The first kappa shape index (κ1) is 18.3. The van der Waals surface area contributed by atoms with E-state index in [2.05, 4.69) is 56.8 Å². The molecule has 0 bridgehead atoms. The van der Waals surface area contributed by atoms with Crippen molar-refractivity contribution >= 4 is 29.2 Å². The van der Waals surface area contributed by atoms with Crippen molar-refractivity contribution in [1.29, 1.82) is 0 Å². The number of anilines is 2. The zero-order chi connectivity index (χ0) is 19.6. The Hall–Kier alpha value is -2.77. The van der Waals surface area contributed by atoms with Crippen LogP contribution in [0.1, 0.15) is 16.4 Å². The molecule has 0 saturated carbocycles. The molecule has 0 spiro atoms. The molecule has 6 nitrogen and oxygen atoms in total. The van der Waals surface area contributed by atoms with E-state index in [-0.39, 0.29) is 11.2 Å². The van der Waals surface area contributed by atoms with Crippen LogP contribution in [0.15, 0.2) is 54.6 Å². The molecule has 1 fully saturated rings. The summed E-state index contributed by atoms with van der Waals surface area (Å²) < 4.78 is 5.48. The van der Waals surface area contributed by atoms with E-state index < -0.39 is 0 Å². The van der Waals surface area contributed by atoms with Gasteiger partial charge in [-0.2, -0.15) is 5.10 Å². The lowest BCUT2D eigenvalue weighted by molar-refractivity contribution is -0.113. The maximum Gasteiger partial charge on any atom is 0.235 e. The number of H-pyrrole nitrogens is 1. The van der Waals surface area contributed by atoms with Gasteiger partial charge in [-0.3, -0.25) is 9.89 Å². The summed E-state index contributed by atoms with van der Waals surface area (Å²) >= 11 is 1.63. The second-order valence-electron chi connectivity index (χ2n) is 7.16. The average molecular weight is 407 g/mol. The maximum absolute atomic E-state index is 12.2. The molecule has 1 saturated heterocycles. The second-order valence-corrected chi connectivity index (χ2v) is 8.25. The van der Waals surface area contributed by atoms with Gasteiger partial charge in [0.2, 0.25) is 5.91 Å². The number of hydrogen-bond acceptors (Lipinski definition) is 5. The van der Waals surface area contributed by atoms with E-state index in [1.165, 1.54) is 11.3 Å². The summed E-state index contributed by atoms with van der Waals surface area (Å²) in [5.74, 6) is 1.01. The molecule has 1 amide bonds. The highest BCUT2D eigenvalue weighted by molar-refractivity contribution is 8.00. The molecule has 1 unspecified atom stereocenters. The Kier molecular flexibility index (Phi) is 4.99. The van der Waals surface area contributed by atoms with Gasteiger partial charge in [0, 0.05) is 29.9 Å². The van der Waals surface area contributed by atoms with Crippen LogP contribution in [-0.4, -0.2) is 48.2 Å². The lowest BCUT2D eigenvalue weighted by atomic mass is 9.99. The molecular weight excluding hydrogens is 384 g/mol. The minimum atomic E-state index is -0.0187. The predicted molar refractivity (Wildman–Crippen MR) is 116 cm³/mol. The third kappa shape index (κ3) is 3.63. The number of ether oxygens (including phenoxy) is 1. The van der Waals surface area contributed by atoms with Gasteiger partial charge in [-0.1, -0.05) is 42.5 Å². The van der Waals surface area contributed by atoms with Gasteiger partial charge < -0.3 is 15.0 Å². The van der Waals surface area contributed by atoms with Crippen LogP contribution in [0.4, 0.5) is 11.5 Å². The minimum Gasteiger partial charge on any atom is -0.378 e. The summed E-state index contributed by atoms with van der Waals surface area (Å²) in [6.45, 7) is 3.29. The number of nitrogens with zero attached hydrogens (tertiary/aromatic N) is 2. The fourth-order valence-electron chi connectivity index (χ4n) is 3.90. The van der Waals surface area contributed by atoms with Crippen LogP contribution >= 0.6 is 11.8 Å². The van der Waals surface area contributed by atoms with Crippen molar-refractivity contribution in [1.82, 2.24) is 10.2 Å². The lowest BCUT2D eigenvalue weighted by Crippen LogP contribution is -2.36. The maximum atomic E-state index is 12.2. The fourth-order valence-corrected chi connectivity index (χ4v) is 5.04. The number of carbonyl (C=O) groups is 1. The molecule has 148 valence electrons. The summed E-state index contributed by atoms with van der Waals surface area (Å²) in [4.78, 5) is 14.6. The number of aromatic nitrogens is 2. The van der Waals surface area contributed by atoms with Crippen molar-refractivity contribution in [2.75, 3.05) is 42.3 Å². The normalized spacial score (nSPS) is 19.4. The number of morpholine rings is 1. The highest BCUT2D eigenvalue weighted by Crippen LogP contribution is 2.45. The number of amides is 1. The van der Waals surface area contributed by atoms with E-state index in [0.717, 1.165) is 43.1 Å². The molecular formula is C22H22N4O2S. The van der Waals surface area contributed by atoms with Crippen molar-refractivity contribution in [2.24, 2.45) is 0 Å². The van der Waals surface area contributed by atoms with Gasteiger partial charge in [-0.15, -0.1) is 11.8 Å². The SMILES string of the molecule is O=C1CSC(c2ccccc2)c2c(n[nH]c2-c2cccc(N3CCOCC3)c2)N1. The predicted octanol–water partition coefficient (Wildman–Crippen LogP) is 3.69. The van der Waals surface area contributed by atoms with Crippen LogP contribution < -0.4 is 10.2 Å². The van der Waals surface area contributed by atoms with Crippen molar-refractivity contribution in [2.45, 2.75) is 5.25 Å². The molecule has 1 atom stereocenters. The molecule has 0 radical (unpaired) electrons. The van der Waals surface area contributed by atoms with Crippen LogP contribution in [0.25, 0.3) is 11.3 Å². The van der Waals surface area contributed by atoms with Crippen molar-refractivity contribution in [3.8, 4) is 11.3 Å². The van der Waals surface area contributed by atoms with E-state index in [9.17, 15) is 4.79 Å². The zero-order valence-electron chi connectivity index (χ0n) is 15.9. The Morgan fingerprint density at radius 2 is 1.90 bits per heavy atom.